The summed E-state index contributed by atoms with van der Waals surface area (Å²) in [5.74, 6) is 0.231. The summed E-state index contributed by atoms with van der Waals surface area (Å²) in [6.45, 7) is 12.9. The van der Waals surface area contributed by atoms with E-state index in [9.17, 15) is 13.5 Å². The minimum absolute atomic E-state index is 0.108. The Labute approximate surface area is 239 Å². The molecule has 0 spiro atoms. The minimum Gasteiger partial charge on any atom is -0.505 e. The van der Waals surface area contributed by atoms with Crippen LogP contribution in [-0.2, 0) is 20.7 Å². The second-order valence-electron chi connectivity index (χ2n) is 12.0. The van der Waals surface area contributed by atoms with Gasteiger partial charge in [-0.2, -0.15) is 0 Å². The van der Waals surface area contributed by atoms with Crippen molar-refractivity contribution in [1.29, 1.82) is 0 Å². The van der Waals surface area contributed by atoms with Crippen molar-refractivity contribution in [2.75, 3.05) is 5.75 Å². The van der Waals surface area contributed by atoms with E-state index >= 15 is 0 Å². The summed E-state index contributed by atoms with van der Waals surface area (Å²) in [6, 6.07) is 19.2. The maximum atomic E-state index is 12.8. The smallest absolute Gasteiger partial charge is 0.178 e. The standard InChI is InChI=1S/C33H43N3O3S/c1-7-9-14-19-32(3,4)25-21-27(33(5,6)24-15-12-11-13-16-24)31(37)30(22-25)36-34-28-18-17-26(23-29(28)35-36)40(38,39)20-10-8-2/h11-13,15-18,21-23,37H,7-10,14,19-20H2,1-6H3. The number of aromatic hydroxyl groups is 1. The Morgan fingerprint density at radius 2 is 1.48 bits per heavy atom. The summed E-state index contributed by atoms with van der Waals surface area (Å²) in [5, 5.41) is 21.1. The van der Waals surface area contributed by atoms with Gasteiger partial charge in [0.25, 0.3) is 0 Å². The van der Waals surface area contributed by atoms with Crippen LogP contribution in [0, 0.1) is 0 Å². The van der Waals surface area contributed by atoms with Gasteiger partial charge in [-0.15, -0.1) is 15.0 Å². The highest BCUT2D eigenvalue weighted by Gasteiger charge is 2.32. The fourth-order valence-corrected chi connectivity index (χ4v) is 6.73. The molecule has 4 rings (SSSR count). The zero-order valence-electron chi connectivity index (χ0n) is 24.7. The molecule has 1 N–H and O–H groups in total. The number of hydrogen-bond donors (Lipinski definition) is 1. The molecule has 40 heavy (non-hydrogen) atoms. The Morgan fingerprint density at radius 3 is 2.15 bits per heavy atom. The first-order valence-corrected chi connectivity index (χ1v) is 16.1. The molecule has 0 unspecified atom stereocenters. The van der Waals surface area contributed by atoms with Crippen LogP contribution in [0.1, 0.15) is 96.8 Å². The first-order valence-electron chi connectivity index (χ1n) is 14.4. The van der Waals surface area contributed by atoms with Crippen molar-refractivity contribution in [3.8, 4) is 11.4 Å². The topological polar surface area (TPSA) is 85.1 Å². The molecule has 4 aromatic rings. The molecule has 0 saturated carbocycles. The van der Waals surface area contributed by atoms with Gasteiger partial charge in [0.2, 0.25) is 0 Å². The summed E-state index contributed by atoms with van der Waals surface area (Å²) in [5.41, 5.74) is 3.94. The lowest BCUT2D eigenvalue weighted by atomic mass is 9.73. The molecule has 1 heterocycles. The monoisotopic (exact) mass is 561 g/mol. The third kappa shape index (κ3) is 6.09. The molecule has 0 aliphatic heterocycles. The normalized spacial score (nSPS) is 12.8. The van der Waals surface area contributed by atoms with Crippen molar-refractivity contribution in [3.05, 3.63) is 77.4 Å². The Hall–Kier alpha value is -3.19. The molecule has 0 fully saturated rings. The lowest BCUT2D eigenvalue weighted by molar-refractivity contribution is 0.433. The molecular weight excluding hydrogens is 518 g/mol. The highest BCUT2D eigenvalue weighted by Crippen LogP contribution is 2.43. The second-order valence-corrected chi connectivity index (χ2v) is 14.1. The predicted octanol–water partition coefficient (Wildman–Crippen LogP) is 7.88. The predicted molar refractivity (Wildman–Crippen MR) is 163 cm³/mol. The molecule has 0 bridgehead atoms. The van der Waals surface area contributed by atoms with E-state index in [1.165, 1.54) is 11.2 Å². The van der Waals surface area contributed by atoms with Gasteiger partial charge in [0.15, 0.2) is 9.84 Å². The minimum atomic E-state index is -3.40. The number of aromatic nitrogens is 3. The number of unbranched alkanes of at least 4 members (excludes halogenated alkanes) is 3. The van der Waals surface area contributed by atoms with Gasteiger partial charge in [0.1, 0.15) is 22.5 Å². The van der Waals surface area contributed by atoms with E-state index in [4.69, 9.17) is 0 Å². The quantitative estimate of drug-likeness (QED) is 0.178. The summed E-state index contributed by atoms with van der Waals surface area (Å²) in [6.07, 6.45) is 5.89. The van der Waals surface area contributed by atoms with Crippen LogP contribution in [-0.4, -0.2) is 34.3 Å². The van der Waals surface area contributed by atoms with Gasteiger partial charge in [-0.05, 0) is 53.6 Å². The third-order valence-electron chi connectivity index (χ3n) is 8.14. The molecule has 3 aromatic carbocycles. The number of nitrogens with zero attached hydrogens (tertiary/aromatic N) is 3. The van der Waals surface area contributed by atoms with Crippen LogP contribution in [0.25, 0.3) is 16.7 Å². The molecule has 7 heteroatoms. The van der Waals surface area contributed by atoms with Crippen LogP contribution in [0.5, 0.6) is 5.75 Å². The maximum Gasteiger partial charge on any atom is 0.178 e. The van der Waals surface area contributed by atoms with Crippen LogP contribution in [0.15, 0.2) is 65.6 Å². The van der Waals surface area contributed by atoms with Crippen molar-refractivity contribution >= 4 is 20.9 Å². The van der Waals surface area contributed by atoms with E-state index in [1.54, 1.807) is 18.2 Å². The van der Waals surface area contributed by atoms with Crippen molar-refractivity contribution in [1.82, 2.24) is 15.0 Å². The van der Waals surface area contributed by atoms with Crippen LogP contribution in [0.3, 0.4) is 0 Å². The maximum absolute atomic E-state index is 12.8. The summed E-state index contributed by atoms with van der Waals surface area (Å²) in [4.78, 5) is 1.71. The Balaban J connectivity index is 1.88. The number of sulfone groups is 1. The lowest BCUT2D eigenvalue weighted by Gasteiger charge is -2.32. The van der Waals surface area contributed by atoms with E-state index in [0.717, 1.165) is 42.4 Å². The Kier molecular flexibility index (Phi) is 8.74. The molecule has 0 amide bonds. The van der Waals surface area contributed by atoms with Crippen LogP contribution in [0.4, 0.5) is 0 Å². The lowest BCUT2D eigenvalue weighted by Crippen LogP contribution is -2.23. The van der Waals surface area contributed by atoms with Gasteiger partial charge in [0, 0.05) is 11.0 Å². The number of phenolic OH excluding ortho intramolecular Hbond substituents is 1. The molecule has 0 radical (unpaired) electrons. The summed E-state index contributed by atoms with van der Waals surface area (Å²) in [7, 11) is -3.40. The molecular formula is C33H43N3O3S. The van der Waals surface area contributed by atoms with Crippen molar-refractivity contribution in [2.24, 2.45) is 0 Å². The highest BCUT2D eigenvalue weighted by molar-refractivity contribution is 7.91. The molecule has 6 nitrogen and oxygen atoms in total. The van der Waals surface area contributed by atoms with E-state index in [2.05, 4.69) is 63.0 Å². The van der Waals surface area contributed by atoms with E-state index < -0.39 is 15.3 Å². The number of benzene rings is 3. The third-order valence-corrected chi connectivity index (χ3v) is 9.94. The van der Waals surface area contributed by atoms with Gasteiger partial charge >= 0.3 is 0 Å². The zero-order chi connectivity index (χ0) is 29.1. The zero-order valence-corrected chi connectivity index (χ0v) is 25.6. The first-order chi connectivity index (χ1) is 18.9. The van der Waals surface area contributed by atoms with Gasteiger partial charge in [-0.3, -0.25) is 0 Å². The highest BCUT2D eigenvalue weighted by atomic mass is 32.2. The summed E-state index contributed by atoms with van der Waals surface area (Å²) >= 11 is 0. The fourth-order valence-electron chi connectivity index (χ4n) is 5.26. The molecule has 214 valence electrons. The van der Waals surface area contributed by atoms with Crippen LogP contribution < -0.4 is 0 Å². The second kappa shape index (κ2) is 11.7. The Morgan fingerprint density at radius 1 is 0.800 bits per heavy atom. The molecule has 0 aliphatic carbocycles. The SMILES string of the molecule is CCCCCC(C)(C)c1cc(-n2nc3ccc(S(=O)(=O)CCCC)cc3n2)c(O)c(C(C)(C)c2ccccc2)c1. The van der Waals surface area contributed by atoms with Gasteiger partial charge in [0.05, 0.1) is 10.6 Å². The van der Waals surface area contributed by atoms with Crippen molar-refractivity contribution < 1.29 is 13.5 Å². The van der Waals surface area contributed by atoms with E-state index in [-0.39, 0.29) is 21.8 Å². The molecule has 0 aliphatic rings. The molecule has 1 aromatic heterocycles. The van der Waals surface area contributed by atoms with Gasteiger partial charge < -0.3 is 5.11 Å². The molecule has 0 atom stereocenters. The van der Waals surface area contributed by atoms with Crippen molar-refractivity contribution in [3.63, 3.8) is 0 Å². The average Bonchev–Trinajstić information content (AvgIpc) is 3.36. The molecule has 0 saturated heterocycles. The van der Waals surface area contributed by atoms with E-state index in [1.807, 2.05) is 31.2 Å². The van der Waals surface area contributed by atoms with Crippen LogP contribution >= 0.6 is 0 Å². The fraction of sp³-hybridized carbons (Fsp3) is 0.455. The first kappa shape index (κ1) is 29.8. The van der Waals surface area contributed by atoms with Gasteiger partial charge in [-0.25, -0.2) is 8.42 Å². The van der Waals surface area contributed by atoms with Crippen LogP contribution in [0.2, 0.25) is 0 Å². The van der Waals surface area contributed by atoms with Crippen molar-refractivity contribution in [2.45, 2.75) is 95.8 Å². The Bertz CT molecular complexity index is 1570. The van der Waals surface area contributed by atoms with Gasteiger partial charge in [-0.1, -0.05) is 104 Å². The average molecular weight is 562 g/mol. The van der Waals surface area contributed by atoms with E-state index in [0.29, 0.717) is 23.1 Å². The summed E-state index contributed by atoms with van der Waals surface area (Å²) < 4.78 is 25.6. The number of hydrogen-bond acceptors (Lipinski definition) is 5. The number of rotatable bonds is 12. The largest absolute Gasteiger partial charge is 0.505 e. The number of phenols is 1. The number of fused-ring (bicyclic) bond motifs is 1.